The Morgan fingerprint density at radius 3 is 1.62 bits per heavy atom. The summed E-state index contributed by atoms with van der Waals surface area (Å²) >= 11 is 0. The fourth-order valence-electron chi connectivity index (χ4n) is 7.48. The van der Waals surface area contributed by atoms with Crippen LogP contribution in [0.1, 0.15) is 33.3 Å². The molecule has 4 heteroatoms. The Hall–Kier alpha value is -6.23. The molecule has 8 aromatic rings. The Morgan fingerprint density at radius 2 is 1.02 bits per heavy atom. The number of hydrogen-bond donors (Lipinski definition) is 1. The first-order valence-corrected chi connectivity index (χ1v) is 17.0. The maximum atomic E-state index is 14.7. The van der Waals surface area contributed by atoms with Crippen molar-refractivity contribution in [2.24, 2.45) is 0 Å². The van der Waals surface area contributed by atoms with E-state index < -0.39 is 6.23 Å². The number of para-hydroxylation sites is 1. The van der Waals surface area contributed by atoms with Gasteiger partial charge in [0.15, 0.2) is 6.23 Å². The van der Waals surface area contributed by atoms with Crippen molar-refractivity contribution in [3.05, 3.63) is 180 Å². The zero-order valence-corrected chi connectivity index (χ0v) is 27.8. The molecule has 1 amide bonds. The number of aryl methyl sites for hydroxylation is 2. The Bertz CT molecular complexity index is 2480. The van der Waals surface area contributed by atoms with E-state index in [1.165, 1.54) is 16.0 Å². The molecular weight excluding hydrogens is 613 g/mol. The summed E-state index contributed by atoms with van der Waals surface area (Å²) < 4.78 is 2.19. The quantitative estimate of drug-likeness (QED) is 0.202. The van der Waals surface area contributed by atoms with Gasteiger partial charge in [-0.1, -0.05) is 132 Å². The summed E-state index contributed by atoms with van der Waals surface area (Å²) in [6.45, 7) is 4.20. The highest BCUT2D eigenvalue weighted by molar-refractivity contribution is 6.17. The zero-order chi connectivity index (χ0) is 33.9. The molecule has 0 saturated heterocycles. The maximum absolute atomic E-state index is 14.7. The molecule has 1 unspecified atom stereocenters. The third-order valence-corrected chi connectivity index (χ3v) is 10.1. The average Bonchev–Trinajstić information content (AvgIpc) is 3.62. The molecule has 0 bridgehead atoms. The summed E-state index contributed by atoms with van der Waals surface area (Å²) in [6.07, 6.45) is -1.13. The molecular formula is C46H34N2O2. The fourth-order valence-corrected chi connectivity index (χ4v) is 7.48. The Morgan fingerprint density at radius 1 is 0.500 bits per heavy atom. The van der Waals surface area contributed by atoms with Crippen molar-refractivity contribution in [1.82, 2.24) is 4.57 Å². The van der Waals surface area contributed by atoms with Crippen molar-refractivity contribution < 1.29 is 9.90 Å². The number of nitrogens with zero attached hydrogens (tertiary/aromatic N) is 2. The topological polar surface area (TPSA) is 45.5 Å². The van der Waals surface area contributed by atoms with Crippen LogP contribution in [-0.4, -0.2) is 15.6 Å². The molecule has 0 radical (unpaired) electrons. The number of aromatic nitrogens is 1. The van der Waals surface area contributed by atoms with Crippen LogP contribution >= 0.6 is 0 Å². The smallest absolute Gasteiger partial charge is 0.263 e. The van der Waals surface area contributed by atoms with Crippen molar-refractivity contribution in [3.8, 4) is 39.1 Å². The fraction of sp³-hybridized carbons (Fsp3) is 0.0652. The van der Waals surface area contributed by atoms with E-state index in [2.05, 4.69) is 103 Å². The number of aliphatic hydroxyl groups excluding tert-OH is 1. The molecule has 1 N–H and O–H groups in total. The third kappa shape index (κ3) is 4.76. The van der Waals surface area contributed by atoms with E-state index in [-0.39, 0.29) is 5.91 Å². The van der Waals surface area contributed by atoms with E-state index in [0.29, 0.717) is 16.8 Å². The lowest BCUT2D eigenvalue weighted by Crippen LogP contribution is -2.28. The Labute approximate surface area is 291 Å². The molecule has 9 rings (SSSR count). The van der Waals surface area contributed by atoms with Crippen LogP contribution in [0.15, 0.2) is 158 Å². The summed E-state index contributed by atoms with van der Waals surface area (Å²) in [5, 5.41) is 14.0. The average molecular weight is 647 g/mol. The van der Waals surface area contributed by atoms with Crippen LogP contribution in [0.2, 0.25) is 0 Å². The van der Waals surface area contributed by atoms with Crippen LogP contribution in [0.4, 0.5) is 5.69 Å². The minimum absolute atomic E-state index is 0.228. The van der Waals surface area contributed by atoms with Gasteiger partial charge in [-0.25, -0.2) is 0 Å². The van der Waals surface area contributed by atoms with E-state index in [1.54, 1.807) is 0 Å². The largest absolute Gasteiger partial charge is 0.369 e. The van der Waals surface area contributed by atoms with Gasteiger partial charge in [-0.05, 0) is 78.1 Å². The van der Waals surface area contributed by atoms with Gasteiger partial charge in [-0.2, -0.15) is 0 Å². The highest BCUT2D eigenvalue weighted by Crippen LogP contribution is 2.45. The van der Waals surface area contributed by atoms with Gasteiger partial charge >= 0.3 is 0 Å². The first-order valence-electron chi connectivity index (χ1n) is 17.0. The monoisotopic (exact) mass is 646 g/mol. The first-order chi connectivity index (χ1) is 24.5. The second-order valence-corrected chi connectivity index (χ2v) is 13.2. The lowest BCUT2D eigenvalue weighted by molar-refractivity contribution is 0.0935. The molecule has 1 aromatic heterocycles. The molecule has 0 fully saturated rings. The van der Waals surface area contributed by atoms with Gasteiger partial charge in [0, 0.05) is 21.9 Å². The third-order valence-electron chi connectivity index (χ3n) is 10.1. The Balaban J connectivity index is 1.26. The molecule has 1 atom stereocenters. The first kappa shape index (κ1) is 29.9. The second-order valence-electron chi connectivity index (χ2n) is 13.2. The number of amides is 1. The SMILES string of the molecule is Cc1ccc(-c2ccc3c(c2)c2cc(-c4ccc(C)cc4)ccc2n3-c2cccc3c2C(=O)N(c2ccccc2-c2ccccc2)C3O)cc1. The van der Waals surface area contributed by atoms with E-state index >= 15 is 0 Å². The molecule has 4 nitrogen and oxygen atoms in total. The molecule has 0 spiro atoms. The maximum Gasteiger partial charge on any atom is 0.263 e. The van der Waals surface area contributed by atoms with Gasteiger partial charge in [0.1, 0.15) is 0 Å². The molecule has 50 heavy (non-hydrogen) atoms. The van der Waals surface area contributed by atoms with Gasteiger partial charge in [-0.3, -0.25) is 9.69 Å². The van der Waals surface area contributed by atoms with E-state index in [9.17, 15) is 9.90 Å². The van der Waals surface area contributed by atoms with Crippen LogP contribution in [0.3, 0.4) is 0 Å². The minimum atomic E-state index is -1.13. The van der Waals surface area contributed by atoms with Gasteiger partial charge in [-0.15, -0.1) is 0 Å². The van der Waals surface area contributed by atoms with Crippen LogP contribution < -0.4 is 4.90 Å². The van der Waals surface area contributed by atoms with Gasteiger partial charge in [0.2, 0.25) is 0 Å². The van der Waals surface area contributed by atoms with Crippen molar-refractivity contribution in [2.45, 2.75) is 20.1 Å². The summed E-state index contributed by atoms with van der Waals surface area (Å²) in [4.78, 5) is 16.2. The molecule has 0 saturated carbocycles. The number of rotatable bonds is 5. The lowest BCUT2D eigenvalue weighted by atomic mass is 9.99. The van der Waals surface area contributed by atoms with Crippen LogP contribution in [0.5, 0.6) is 0 Å². The lowest BCUT2D eigenvalue weighted by Gasteiger charge is -2.24. The number of fused-ring (bicyclic) bond motifs is 4. The number of hydrogen-bond acceptors (Lipinski definition) is 2. The number of anilines is 1. The Kier molecular flexibility index (Phi) is 7.01. The van der Waals surface area contributed by atoms with E-state index in [1.807, 2.05) is 72.8 Å². The molecule has 0 aliphatic carbocycles. The summed E-state index contributed by atoms with van der Waals surface area (Å²) in [7, 11) is 0. The van der Waals surface area contributed by atoms with Gasteiger partial charge in [0.25, 0.3) is 5.91 Å². The van der Waals surface area contributed by atoms with E-state index in [4.69, 9.17) is 0 Å². The molecule has 1 aliphatic rings. The highest BCUT2D eigenvalue weighted by Gasteiger charge is 2.40. The van der Waals surface area contributed by atoms with Crippen LogP contribution in [-0.2, 0) is 0 Å². The number of aliphatic hydroxyl groups is 1. The molecule has 2 heterocycles. The van der Waals surface area contributed by atoms with Crippen molar-refractivity contribution in [3.63, 3.8) is 0 Å². The number of carbonyl (C=O) groups is 1. The van der Waals surface area contributed by atoms with E-state index in [0.717, 1.165) is 60.9 Å². The summed E-state index contributed by atoms with van der Waals surface area (Å²) in [5.74, 6) is -0.228. The van der Waals surface area contributed by atoms with Gasteiger partial charge in [0.05, 0.1) is 28.0 Å². The number of carbonyl (C=O) groups excluding carboxylic acids is 1. The molecule has 240 valence electrons. The highest BCUT2D eigenvalue weighted by atomic mass is 16.3. The number of benzene rings is 7. The summed E-state index contributed by atoms with van der Waals surface area (Å²) in [6, 6.07) is 54.0. The van der Waals surface area contributed by atoms with Crippen molar-refractivity contribution in [1.29, 1.82) is 0 Å². The van der Waals surface area contributed by atoms with Crippen LogP contribution in [0, 0.1) is 13.8 Å². The predicted octanol–water partition coefficient (Wildman–Crippen LogP) is 11.1. The normalized spacial score (nSPS) is 14.1. The molecule has 7 aromatic carbocycles. The van der Waals surface area contributed by atoms with Gasteiger partial charge < -0.3 is 9.67 Å². The van der Waals surface area contributed by atoms with Crippen molar-refractivity contribution >= 4 is 33.4 Å². The molecule has 1 aliphatic heterocycles. The second kappa shape index (κ2) is 11.7. The zero-order valence-electron chi connectivity index (χ0n) is 27.8. The van der Waals surface area contributed by atoms with Crippen molar-refractivity contribution in [2.75, 3.05) is 4.90 Å². The van der Waals surface area contributed by atoms with Crippen LogP contribution in [0.25, 0.3) is 60.9 Å². The minimum Gasteiger partial charge on any atom is -0.369 e. The standard InChI is InChI=1S/C46H34N2O2/c1-29-15-19-31(20-16-29)34-23-25-41-38(27-34)39-28-35(32-21-17-30(2)18-22-32)24-26-42(39)47(41)43-14-8-12-37-44(43)46(50)48(45(37)49)40-13-7-6-11-36(40)33-9-4-3-5-10-33/h3-28,45,49H,1-2H3. The predicted molar refractivity (Wildman–Crippen MR) is 205 cm³/mol. The summed E-state index contributed by atoms with van der Waals surface area (Å²) in [5.41, 5.74) is 13.4.